The van der Waals surface area contributed by atoms with Crippen molar-refractivity contribution in [3.8, 4) is 0 Å². The molecule has 0 aromatic heterocycles. The van der Waals surface area contributed by atoms with Crippen LogP contribution in [-0.2, 0) is 28.6 Å². The Morgan fingerprint density at radius 3 is 0.795 bits per heavy atom. The van der Waals surface area contributed by atoms with Crippen LogP contribution >= 0.6 is 0 Å². The van der Waals surface area contributed by atoms with Gasteiger partial charge >= 0.3 is 17.9 Å². The van der Waals surface area contributed by atoms with E-state index in [-0.39, 0.29) is 31.1 Å². The molecular weight excluding hydrogens is 961 g/mol. The standard InChI is InChI=1S/C72H130O6/c1-4-7-10-13-16-19-22-25-28-29-30-31-32-33-34-35-36-37-38-39-40-41-42-43-45-47-50-53-56-59-62-65-71(74)77-68-69(67-76-70(73)64-61-58-55-52-49-46-27-24-21-18-15-12-9-6-3)78-72(75)66-63-60-57-54-51-48-44-26-23-20-17-14-11-8-5-2/h7,10,16,19,25-26,28,30-31,44,69H,4-6,8-9,11-15,17-18,20-24,27,29,32-43,45-68H2,1-3H3/b10-7-,19-16-,28-25-,31-30-,44-26-. The quantitative estimate of drug-likeness (QED) is 0.0261. The topological polar surface area (TPSA) is 78.9 Å². The van der Waals surface area contributed by atoms with Gasteiger partial charge in [0.05, 0.1) is 0 Å². The third-order valence-electron chi connectivity index (χ3n) is 15.3. The number of ether oxygens (including phenoxy) is 3. The van der Waals surface area contributed by atoms with E-state index in [1.165, 1.54) is 231 Å². The number of allylic oxidation sites excluding steroid dienone is 10. The average Bonchev–Trinajstić information content (AvgIpc) is 3.44. The number of esters is 3. The molecule has 78 heavy (non-hydrogen) atoms. The fourth-order valence-corrected chi connectivity index (χ4v) is 10.1. The number of rotatable bonds is 63. The van der Waals surface area contributed by atoms with Crippen LogP contribution in [0.15, 0.2) is 60.8 Å². The maximum Gasteiger partial charge on any atom is 0.306 e. The van der Waals surface area contributed by atoms with Gasteiger partial charge in [-0.25, -0.2) is 0 Å². The van der Waals surface area contributed by atoms with Crippen molar-refractivity contribution in [1.29, 1.82) is 0 Å². The molecule has 0 saturated heterocycles. The third-order valence-corrected chi connectivity index (χ3v) is 15.3. The summed E-state index contributed by atoms with van der Waals surface area (Å²) in [5, 5.41) is 0. The van der Waals surface area contributed by atoms with Gasteiger partial charge in [0.25, 0.3) is 0 Å². The second-order valence-electron chi connectivity index (χ2n) is 23.1. The molecule has 6 nitrogen and oxygen atoms in total. The minimum atomic E-state index is -0.775. The number of carbonyl (C=O) groups is 3. The first-order valence-electron chi connectivity index (χ1n) is 34.3. The normalized spacial score (nSPS) is 12.4. The monoisotopic (exact) mass is 1090 g/mol. The first-order valence-corrected chi connectivity index (χ1v) is 34.3. The zero-order chi connectivity index (χ0) is 56.4. The van der Waals surface area contributed by atoms with E-state index in [9.17, 15) is 14.4 Å². The van der Waals surface area contributed by atoms with E-state index >= 15 is 0 Å². The van der Waals surface area contributed by atoms with E-state index in [4.69, 9.17) is 14.2 Å². The summed E-state index contributed by atoms with van der Waals surface area (Å²) >= 11 is 0. The predicted molar refractivity (Wildman–Crippen MR) is 339 cm³/mol. The summed E-state index contributed by atoms with van der Waals surface area (Å²) in [5.41, 5.74) is 0. The lowest BCUT2D eigenvalue weighted by Crippen LogP contribution is -2.30. The Morgan fingerprint density at radius 2 is 0.500 bits per heavy atom. The summed E-state index contributed by atoms with van der Waals surface area (Å²) < 4.78 is 17.0. The van der Waals surface area contributed by atoms with Crippen LogP contribution in [0, 0.1) is 0 Å². The third kappa shape index (κ3) is 63.9. The van der Waals surface area contributed by atoms with Gasteiger partial charge in [-0.2, -0.15) is 0 Å². The highest BCUT2D eigenvalue weighted by Gasteiger charge is 2.19. The molecule has 1 unspecified atom stereocenters. The lowest BCUT2D eigenvalue weighted by Gasteiger charge is -2.18. The summed E-state index contributed by atoms with van der Waals surface area (Å²) in [4.78, 5) is 38.3. The Labute approximate surface area is 485 Å². The van der Waals surface area contributed by atoms with Crippen LogP contribution < -0.4 is 0 Å². The molecule has 0 heterocycles. The van der Waals surface area contributed by atoms with Crippen LogP contribution in [0.2, 0.25) is 0 Å². The van der Waals surface area contributed by atoms with E-state index in [0.29, 0.717) is 19.3 Å². The van der Waals surface area contributed by atoms with Crippen LogP contribution in [0.3, 0.4) is 0 Å². The Kier molecular flexibility index (Phi) is 64.2. The van der Waals surface area contributed by atoms with Crippen LogP contribution in [0.1, 0.15) is 361 Å². The SMILES string of the molecule is CC/C=C\C/C=C\C/C=C\C/C=C\CCCCCCCCCCCCCCCCCCCCC(=O)OCC(COC(=O)CCCCCCCCCCCCCCCC)OC(=O)CCCCCCC/C=C\CCCCCCCC. The fraction of sp³-hybridized carbons (Fsp3) is 0.819. The van der Waals surface area contributed by atoms with Crippen molar-refractivity contribution in [1.82, 2.24) is 0 Å². The molecule has 0 aliphatic heterocycles. The van der Waals surface area contributed by atoms with Crippen molar-refractivity contribution < 1.29 is 28.6 Å². The number of unbranched alkanes of at least 4 members (excludes halogenated alkanes) is 42. The molecule has 0 aromatic rings. The number of hydrogen-bond acceptors (Lipinski definition) is 6. The molecule has 6 heteroatoms. The van der Waals surface area contributed by atoms with E-state index in [2.05, 4.69) is 81.5 Å². The van der Waals surface area contributed by atoms with Crippen molar-refractivity contribution in [2.45, 2.75) is 367 Å². The highest BCUT2D eigenvalue weighted by Crippen LogP contribution is 2.18. The van der Waals surface area contributed by atoms with Gasteiger partial charge in [0, 0.05) is 19.3 Å². The second-order valence-corrected chi connectivity index (χ2v) is 23.1. The largest absolute Gasteiger partial charge is 0.462 e. The van der Waals surface area contributed by atoms with Crippen molar-refractivity contribution >= 4 is 17.9 Å². The molecule has 454 valence electrons. The van der Waals surface area contributed by atoms with Crippen LogP contribution in [0.4, 0.5) is 0 Å². The highest BCUT2D eigenvalue weighted by molar-refractivity contribution is 5.71. The summed E-state index contributed by atoms with van der Waals surface area (Å²) in [7, 11) is 0. The van der Waals surface area contributed by atoms with Gasteiger partial charge in [0.1, 0.15) is 13.2 Å². The molecule has 0 aliphatic carbocycles. The maximum atomic E-state index is 12.9. The molecule has 0 fully saturated rings. The minimum Gasteiger partial charge on any atom is -0.462 e. The van der Waals surface area contributed by atoms with Crippen LogP contribution in [0.25, 0.3) is 0 Å². The molecule has 0 amide bonds. The predicted octanol–water partition coefficient (Wildman–Crippen LogP) is 23.5. The minimum absolute atomic E-state index is 0.0713. The Morgan fingerprint density at radius 1 is 0.269 bits per heavy atom. The zero-order valence-corrected chi connectivity index (χ0v) is 52.2. The van der Waals surface area contributed by atoms with Crippen LogP contribution in [0.5, 0.6) is 0 Å². The summed E-state index contributed by atoms with van der Waals surface area (Å²) in [6.07, 6.45) is 85.3. The fourth-order valence-electron chi connectivity index (χ4n) is 10.1. The molecule has 0 saturated carbocycles. The smallest absolute Gasteiger partial charge is 0.306 e. The lowest BCUT2D eigenvalue weighted by molar-refractivity contribution is -0.167. The first kappa shape index (κ1) is 75.1. The van der Waals surface area contributed by atoms with Gasteiger partial charge < -0.3 is 14.2 Å². The zero-order valence-electron chi connectivity index (χ0n) is 52.2. The molecule has 0 radical (unpaired) electrons. The lowest BCUT2D eigenvalue weighted by atomic mass is 10.0. The molecule has 0 bridgehead atoms. The van der Waals surface area contributed by atoms with Gasteiger partial charge in [-0.15, -0.1) is 0 Å². The Hall–Kier alpha value is -2.89. The Bertz CT molecular complexity index is 1390. The maximum absolute atomic E-state index is 12.9. The molecule has 0 aliphatic rings. The van der Waals surface area contributed by atoms with Gasteiger partial charge in [-0.3, -0.25) is 14.4 Å². The van der Waals surface area contributed by atoms with Gasteiger partial charge in [-0.1, -0.05) is 319 Å². The Balaban J connectivity index is 4.16. The van der Waals surface area contributed by atoms with Crippen LogP contribution in [-0.4, -0.2) is 37.2 Å². The summed E-state index contributed by atoms with van der Waals surface area (Å²) in [6, 6.07) is 0. The van der Waals surface area contributed by atoms with E-state index in [0.717, 1.165) is 89.9 Å². The number of hydrogen-bond donors (Lipinski definition) is 0. The van der Waals surface area contributed by atoms with Gasteiger partial charge in [0.2, 0.25) is 0 Å². The summed E-state index contributed by atoms with van der Waals surface area (Å²) in [5.74, 6) is -0.856. The highest BCUT2D eigenvalue weighted by atomic mass is 16.6. The summed E-state index contributed by atoms with van der Waals surface area (Å²) in [6.45, 7) is 6.57. The molecule has 0 spiro atoms. The van der Waals surface area contributed by atoms with Crippen molar-refractivity contribution in [3.05, 3.63) is 60.8 Å². The van der Waals surface area contributed by atoms with Crippen molar-refractivity contribution in [2.75, 3.05) is 13.2 Å². The average molecular weight is 1090 g/mol. The molecule has 0 aromatic carbocycles. The van der Waals surface area contributed by atoms with Gasteiger partial charge in [-0.05, 0) is 83.5 Å². The molecule has 0 N–H and O–H groups in total. The molecular formula is C72H130O6. The number of carbonyl (C=O) groups excluding carboxylic acids is 3. The van der Waals surface area contributed by atoms with Gasteiger partial charge in [0.15, 0.2) is 6.10 Å². The van der Waals surface area contributed by atoms with E-state index in [1.807, 2.05) is 0 Å². The van der Waals surface area contributed by atoms with E-state index < -0.39 is 6.10 Å². The van der Waals surface area contributed by atoms with Crippen molar-refractivity contribution in [3.63, 3.8) is 0 Å². The van der Waals surface area contributed by atoms with Crippen molar-refractivity contribution in [2.24, 2.45) is 0 Å². The first-order chi connectivity index (χ1) is 38.5. The second kappa shape index (κ2) is 66.6. The molecule has 1 atom stereocenters. The molecule has 0 rings (SSSR count). The van der Waals surface area contributed by atoms with E-state index in [1.54, 1.807) is 0 Å².